The second kappa shape index (κ2) is 8.39. The van der Waals surface area contributed by atoms with Crippen molar-refractivity contribution < 1.29 is 14.6 Å². The topological polar surface area (TPSA) is 138 Å². The molecule has 0 unspecified atom stereocenters. The number of rotatable bonds is 7. The van der Waals surface area contributed by atoms with Crippen molar-refractivity contribution in [2.75, 3.05) is 12.5 Å². The number of aryl methyl sites for hydroxylation is 1. The third kappa shape index (κ3) is 4.09. The number of anilines is 1. The fourth-order valence-corrected chi connectivity index (χ4v) is 2.98. The molecule has 2 aromatic heterocycles. The highest BCUT2D eigenvalue weighted by atomic mass is 16.6. The van der Waals surface area contributed by atoms with Gasteiger partial charge in [0.2, 0.25) is 0 Å². The van der Waals surface area contributed by atoms with Crippen LogP contribution in [-0.4, -0.2) is 32.7 Å². The lowest BCUT2D eigenvalue weighted by Gasteiger charge is -2.13. The van der Waals surface area contributed by atoms with Crippen LogP contribution in [0.4, 0.5) is 17.2 Å². The van der Waals surface area contributed by atoms with Crippen LogP contribution in [0.2, 0.25) is 0 Å². The van der Waals surface area contributed by atoms with Gasteiger partial charge in [-0.15, -0.1) is 0 Å². The number of nitro groups is 2. The summed E-state index contributed by atoms with van der Waals surface area (Å²) >= 11 is 0. The number of ether oxygens (including phenoxy) is 1. The summed E-state index contributed by atoms with van der Waals surface area (Å²) in [6.07, 6.45) is 2.71. The Hall–Kier alpha value is -4.28. The summed E-state index contributed by atoms with van der Waals surface area (Å²) < 4.78 is 7.22. The van der Waals surface area contributed by atoms with Gasteiger partial charge in [0, 0.05) is 35.2 Å². The van der Waals surface area contributed by atoms with Gasteiger partial charge < -0.3 is 9.30 Å². The first-order valence-corrected chi connectivity index (χ1v) is 8.73. The summed E-state index contributed by atoms with van der Waals surface area (Å²) in [6.45, 7) is 3.73. The van der Waals surface area contributed by atoms with Crippen LogP contribution in [0.3, 0.4) is 0 Å². The van der Waals surface area contributed by atoms with Crippen molar-refractivity contribution in [3.05, 3.63) is 79.8 Å². The maximum absolute atomic E-state index is 11.2. The highest BCUT2D eigenvalue weighted by Crippen LogP contribution is 2.31. The lowest BCUT2D eigenvalue weighted by molar-refractivity contribution is -0.385. The number of benzene rings is 1. The monoisotopic (exact) mass is 410 g/mol. The van der Waals surface area contributed by atoms with Crippen molar-refractivity contribution in [3.8, 4) is 11.4 Å². The summed E-state index contributed by atoms with van der Waals surface area (Å²) in [5.41, 5.74) is 5.51. The Bertz CT molecular complexity index is 1140. The minimum Gasteiger partial charge on any atom is -0.495 e. The van der Waals surface area contributed by atoms with Crippen LogP contribution in [0.5, 0.6) is 5.75 Å². The minimum atomic E-state index is -0.531. The summed E-state index contributed by atoms with van der Waals surface area (Å²) in [6, 6.07) is 9.06. The number of aromatic nitrogens is 2. The van der Waals surface area contributed by atoms with Crippen molar-refractivity contribution >= 4 is 23.4 Å². The molecule has 1 N–H and O–H groups in total. The molecule has 30 heavy (non-hydrogen) atoms. The average Bonchev–Trinajstić information content (AvgIpc) is 3.01. The molecule has 0 radical (unpaired) electrons. The molecule has 0 aliphatic rings. The van der Waals surface area contributed by atoms with Gasteiger partial charge in [0.15, 0.2) is 0 Å². The molecule has 2 heterocycles. The number of nitrogens with one attached hydrogen (secondary N) is 1. The maximum atomic E-state index is 11.2. The number of nitrogens with zero attached hydrogens (tertiary/aromatic N) is 5. The van der Waals surface area contributed by atoms with Crippen molar-refractivity contribution in [3.63, 3.8) is 0 Å². The van der Waals surface area contributed by atoms with Gasteiger partial charge in [0.25, 0.3) is 11.4 Å². The van der Waals surface area contributed by atoms with Crippen molar-refractivity contribution in [1.29, 1.82) is 0 Å². The first-order chi connectivity index (χ1) is 14.3. The van der Waals surface area contributed by atoms with Gasteiger partial charge in [-0.3, -0.25) is 25.7 Å². The van der Waals surface area contributed by atoms with E-state index in [9.17, 15) is 20.2 Å². The average molecular weight is 410 g/mol. The zero-order valence-corrected chi connectivity index (χ0v) is 16.4. The van der Waals surface area contributed by atoms with E-state index in [0.717, 1.165) is 23.1 Å². The van der Waals surface area contributed by atoms with Crippen LogP contribution < -0.4 is 10.2 Å². The Morgan fingerprint density at radius 3 is 2.40 bits per heavy atom. The first kappa shape index (κ1) is 20.5. The van der Waals surface area contributed by atoms with Crippen LogP contribution >= 0.6 is 0 Å². The summed E-state index contributed by atoms with van der Waals surface area (Å²) in [5.74, 6) is 0.852. The van der Waals surface area contributed by atoms with E-state index in [1.807, 2.05) is 24.5 Å². The zero-order valence-electron chi connectivity index (χ0n) is 16.4. The minimum absolute atomic E-state index is 0.0422. The normalized spacial score (nSPS) is 10.9. The number of pyridine rings is 1. The van der Waals surface area contributed by atoms with Crippen LogP contribution in [0.25, 0.3) is 5.69 Å². The number of hydrogen-bond acceptors (Lipinski definition) is 8. The molecule has 0 aliphatic heterocycles. The fraction of sp³-hybridized carbons (Fsp3) is 0.158. The van der Waals surface area contributed by atoms with Gasteiger partial charge in [0.05, 0.1) is 28.9 Å². The van der Waals surface area contributed by atoms with Crippen molar-refractivity contribution in [2.45, 2.75) is 13.8 Å². The van der Waals surface area contributed by atoms with Crippen LogP contribution in [0, 0.1) is 34.1 Å². The number of non-ortho nitro benzene ring substituents is 1. The molecule has 0 saturated heterocycles. The van der Waals surface area contributed by atoms with Gasteiger partial charge in [0.1, 0.15) is 17.8 Å². The Balaban J connectivity index is 1.89. The molecule has 0 spiro atoms. The molecular formula is C19H18N6O5. The lowest BCUT2D eigenvalue weighted by atomic mass is 10.2. The largest absolute Gasteiger partial charge is 0.495 e. The van der Waals surface area contributed by atoms with Gasteiger partial charge in [-0.1, -0.05) is 0 Å². The quantitative estimate of drug-likeness (QED) is 0.355. The van der Waals surface area contributed by atoms with E-state index in [-0.39, 0.29) is 11.4 Å². The predicted octanol–water partition coefficient (Wildman–Crippen LogP) is 3.76. The van der Waals surface area contributed by atoms with Gasteiger partial charge in [-0.25, -0.2) is 4.98 Å². The van der Waals surface area contributed by atoms with E-state index in [2.05, 4.69) is 15.5 Å². The number of hydrogen-bond donors (Lipinski definition) is 1. The highest BCUT2D eigenvalue weighted by Gasteiger charge is 2.17. The molecule has 0 aliphatic carbocycles. The lowest BCUT2D eigenvalue weighted by Crippen LogP contribution is -2.03. The van der Waals surface area contributed by atoms with Gasteiger partial charge in [-0.05, 0) is 32.0 Å². The first-order valence-electron chi connectivity index (χ1n) is 8.73. The van der Waals surface area contributed by atoms with E-state index < -0.39 is 9.85 Å². The van der Waals surface area contributed by atoms with E-state index >= 15 is 0 Å². The Morgan fingerprint density at radius 2 is 1.80 bits per heavy atom. The molecule has 0 atom stereocenters. The van der Waals surface area contributed by atoms with Crippen molar-refractivity contribution in [1.82, 2.24) is 9.55 Å². The molecule has 1 aromatic carbocycles. The molecule has 3 aromatic rings. The van der Waals surface area contributed by atoms with E-state index in [1.54, 1.807) is 12.3 Å². The zero-order chi connectivity index (χ0) is 21.8. The predicted molar refractivity (Wildman–Crippen MR) is 111 cm³/mol. The molecule has 0 saturated carbocycles. The molecule has 11 nitrogen and oxygen atoms in total. The van der Waals surface area contributed by atoms with E-state index in [1.165, 1.54) is 31.4 Å². The van der Waals surface area contributed by atoms with Gasteiger partial charge >= 0.3 is 0 Å². The number of nitro benzene ring substituents is 1. The third-order valence-corrected chi connectivity index (χ3v) is 4.43. The molecule has 154 valence electrons. The van der Waals surface area contributed by atoms with Gasteiger partial charge in [-0.2, -0.15) is 5.10 Å². The Morgan fingerprint density at radius 1 is 1.10 bits per heavy atom. The number of methoxy groups -OCH3 is 1. The van der Waals surface area contributed by atoms with Crippen LogP contribution in [0.1, 0.15) is 17.0 Å². The smallest absolute Gasteiger partial charge is 0.287 e. The summed E-state index contributed by atoms with van der Waals surface area (Å²) in [5, 5.41) is 26.0. The highest BCUT2D eigenvalue weighted by molar-refractivity contribution is 5.83. The molecule has 0 fully saturated rings. The standard InChI is InChI=1S/C19H18N6O5/c1-12-8-14(10-21-22-19-7-5-16(11-20-19)25(28)29)13(2)23(12)17-9-15(24(26)27)4-6-18(17)30-3/h4-11H,1-3H3,(H,20,22)/b21-10+. The van der Waals surface area contributed by atoms with Crippen LogP contribution in [0.15, 0.2) is 47.7 Å². The Kier molecular flexibility index (Phi) is 5.72. The van der Waals surface area contributed by atoms with Crippen LogP contribution in [-0.2, 0) is 0 Å². The summed E-state index contributed by atoms with van der Waals surface area (Å²) in [7, 11) is 1.50. The molecule has 11 heteroatoms. The summed E-state index contributed by atoms with van der Waals surface area (Å²) in [4.78, 5) is 24.8. The third-order valence-electron chi connectivity index (χ3n) is 4.43. The second-order valence-electron chi connectivity index (χ2n) is 6.30. The van der Waals surface area contributed by atoms with E-state index in [4.69, 9.17) is 4.74 Å². The SMILES string of the molecule is COc1ccc([N+](=O)[O-])cc1-n1c(C)cc(/C=N/Nc2ccc([N+](=O)[O-])cn2)c1C. The maximum Gasteiger partial charge on any atom is 0.287 e. The molecule has 0 bridgehead atoms. The molecule has 0 amide bonds. The van der Waals surface area contributed by atoms with E-state index in [0.29, 0.717) is 17.3 Å². The van der Waals surface area contributed by atoms with Crippen molar-refractivity contribution in [2.24, 2.45) is 5.10 Å². The molecular weight excluding hydrogens is 392 g/mol. The Labute approximate surface area is 170 Å². The number of hydrazone groups is 1. The molecule has 3 rings (SSSR count). The second-order valence-corrected chi connectivity index (χ2v) is 6.30. The fourth-order valence-electron chi connectivity index (χ4n) is 2.98.